The van der Waals surface area contributed by atoms with Crippen molar-refractivity contribution >= 4 is 5.57 Å². The molecular formula is C9H6F2N. The molecule has 0 aromatic carbocycles. The molecule has 0 aliphatic carbocycles. The van der Waals surface area contributed by atoms with Crippen LogP contribution in [0.15, 0.2) is 37.2 Å². The summed E-state index contributed by atoms with van der Waals surface area (Å²) in [6.45, 7) is 3.45. The van der Waals surface area contributed by atoms with Gasteiger partial charge in [-0.1, -0.05) is 6.58 Å². The summed E-state index contributed by atoms with van der Waals surface area (Å²) in [5, 5.41) is 0. The van der Waals surface area contributed by atoms with Gasteiger partial charge in [-0.15, -0.1) is 0 Å². The predicted molar refractivity (Wildman–Crippen MR) is 42.4 cm³/mol. The molecule has 0 fully saturated rings. The Hall–Kier alpha value is -1.51. The molecule has 0 aliphatic rings. The van der Waals surface area contributed by atoms with Gasteiger partial charge in [-0.2, -0.15) is 8.78 Å². The Bertz CT molecular complexity index is 300. The van der Waals surface area contributed by atoms with E-state index in [2.05, 4.69) is 17.6 Å². The van der Waals surface area contributed by atoms with Crippen LogP contribution in [0.1, 0.15) is 5.56 Å². The van der Waals surface area contributed by atoms with Gasteiger partial charge in [0, 0.05) is 30.1 Å². The maximum Gasteiger partial charge on any atom is 0.270 e. The maximum atomic E-state index is 11.7. The molecule has 1 rings (SSSR count). The van der Waals surface area contributed by atoms with Crippen LogP contribution in [0, 0.1) is 6.07 Å². The highest BCUT2D eigenvalue weighted by molar-refractivity contribution is 5.71. The van der Waals surface area contributed by atoms with Crippen LogP contribution in [0.4, 0.5) is 8.78 Å². The average molecular weight is 166 g/mol. The van der Waals surface area contributed by atoms with Gasteiger partial charge >= 0.3 is 0 Å². The van der Waals surface area contributed by atoms with E-state index < -0.39 is 6.08 Å². The fourth-order valence-corrected chi connectivity index (χ4v) is 0.716. The number of pyridine rings is 1. The van der Waals surface area contributed by atoms with E-state index in [9.17, 15) is 8.78 Å². The lowest BCUT2D eigenvalue weighted by Gasteiger charge is -1.96. The second-order valence-corrected chi connectivity index (χ2v) is 2.13. The first-order valence-corrected chi connectivity index (χ1v) is 3.23. The molecule has 0 aliphatic heterocycles. The smallest absolute Gasteiger partial charge is 0.263 e. The normalized spacial score (nSPS) is 9.17. The summed E-state index contributed by atoms with van der Waals surface area (Å²) in [7, 11) is 0. The topological polar surface area (TPSA) is 12.9 Å². The van der Waals surface area contributed by atoms with Gasteiger partial charge in [-0.3, -0.25) is 4.98 Å². The maximum absolute atomic E-state index is 11.7. The van der Waals surface area contributed by atoms with E-state index in [1.807, 2.05) is 0 Å². The lowest BCUT2D eigenvalue weighted by Crippen LogP contribution is -1.80. The van der Waals surface area contributed by atoms with E-state index in [1.54, 1.807) is 6.07 Å². The molecule has 1 radical (unpaired) electrons. The SMILES string of the molecule is C=C(C=C(F)F)c1c[c]cnc1. The van der Waals surface area contributed by atoms with Crippen molar-refractivity contribution in [1.82, 2.24) is 4.98 Å². The fraction of sp³-hybridized carbons (Fsp3) is 0. The molecular weight excluding hydrogens is 160 g/mol. The molecule has 0 bridgehead atoms. The summed E-state index contributed by atoms with van der Waals surface area (Å²) in [5.41, 5.74) is 0.782. The lowest BCUT2D eigenvalue weighted by atomic mass is 10.1. The van der Waals surface area contributed by atoms with Crippen LogP contribution in [-0.2, 0) is 0 Å². The fourth-order valence-electron chi connectivity index (χ4n) is 0.716. The molecule has 1 aromatic heterocycles. The molecule has 0 saturated carbocycles. The molecule has 0 spiro atoms. The van der Waals surface area contributed by atoms with Crippen LogP contribution in [0.5, 0.6) is 0 Å². The Morgan fingerprint density at radius 3 is 2.83 bits per heavy atom. The summed E-state index contributed by atoms with van der Waals surface area (Å²) < 4.78 is 23.5. The van der Waals surface area contributed by atoms with E-state index >= 15 is 0 Å². The third-order valence-electron chi connectivity index (χ3n) is 1.26. The van der Waals surface area contributed by atoms with Crippen LogP contribution in [0.25, 0.3) is 5.57 Å². The second-order valence-electron chi connectivity index (χ2n) is 2.13. The summed E-state index contributed by atoms with van der Waals surface area (Å²) in [6.07, 6.45) is 1.85. The van der Waals surface area contributed by atoms with E-state index in [-0.39, 0.29) is 5.57 Å². The third kappa shape index (κ3) is 2.27. The Morgan fingerprint density at radius 1 is 1.58 bits per heavy atom. The van der Waals surface area contributed by atoms with E-state index in [0.29, 0.717) is 11.6 Å². The predicted octanol–water partition coefficient (Wildman–Crippen LogP) is 2.68. The summed E-state index contributed by atoms with van der Waals surface area (Å²) in [6, 6.07) is 4.22. The highest BCUT2D eigenvalue weighted by Crippen LogP contribution is 2.14. The molecule has 0 N–H and O–H groups in total. The number of hydrogen-bond acceptors (Lipinski definition) is 1. The summed E-state index contributed by atoms with van der Waals surface area (Å²) >= 11 is 0. The van der Waals surface area contributed by atoms with E-state index in [1.165, 1.54) is 12.4 Å². The average Bonchev–Trinajstić information content (AvgIpc) is 2.05. The first kappa shape index (κ1) is 8.59. The minimum absolute atomic E-state index is 0.236. The van der Waals surface area contributed by atoms with Gasteiger partial charge < -0.3 is 0 Å². The lowest BCUT2D eigenvalue weighted by molar-refractivity contribution is 0.422. The zero-order valence-corrected chi connectivity index (χ0v) is 6.22. The van der Waals surface area contributed by atoms with Crippen molar-refractivity contribution in [2.75, 3.05) is 0 Å². The number of allylic oxidation sites excluding steroid dienone is 2. The Kier molecular flexibility index (Phi) is 2.69. The van der Waals surface area contributed by atoms with Gasteiger partial charge in [0.05, 0.1) is 0 Å². The number of halogens is 2. The van der Waals surface area contributed by atoms with Gasteiger partial charge in [-0.25, -0.2) is 0 Å². The minimum atomic E-state index is -1.76. The van der Waals surface area contributed by atoms with Crippen molar-refractivity contribution in [2.45, 2.75) is 0 Å². The van der Waals surface area contributed by atoms with Crippen molar-refractivity contribution in [2.24, 2.45) is 0 Å². The van der Waals surface area contributed by atoms with Crippen molar-refractivity contribution in [1.29, 1.82) is 0 Å². The third-order valence-corrected chi connectivity index (χ3v) is 1.26. The molecule has 0 amide bonds. The molecule has 12 heavy (non-hydrogen) atoms. The second kappa shape index (κ2) is 3.76. The number of aromatic nitrogens is 1. The van der Waals surface area contributed by atoms with E-state index in [0.717, 1.165) is 0 Å². The van der Waals surface area contributed by atoms with Gasteiger partial charge in [0.1, 0.15) is 0 Å². The number of nitrogens with zero attached hydrogens (tertiary/aromatic N) is 1. The molecule has 0 atom stereocenters. The highest BCUT2D eigenvalue weighted by Gasteiger charge is 1.96. The van der Waals surface area contributed by atoms with E-state index in [4.69, 9.17) is 0 Å². The molecule has 1 heterocycles. The highest BCUT2D eigenvalue weighted by atomic mass is 19.3. The molecule has 1 aromatic rings. The van der Waals surface area contributed by atoms with Gasteiger partial charge in [0.15, 0.2) is 0 Å². The first-order valence-electron chi connectivity index (χ1n) is 3.23. The molecule has 0 unspecified atom stereocenters. The zero-order chi connectivity index (χ0) is 8.97. The van der Waals surface area contributed by atoms with Crippen LogP contribution < -0.4 is 0 Å². The quantitative estimate of drug-likeness (QED) is 0.615. The Balaban J connectivity index is 2.87. The van der Waals surface area contributed by atoms with Crippen molar-refractivity contribution in [3.63, 3.8) is 0 Å². The number of hydrogen-bond donors (Lipinski definition) is 0. The molecule has 3 heteroatoms. The Labute approximate surface area is 69.1 Å². The van der Waals surface area contributed by atoms with Crippen molar-refractivity contribution in [3.05, 3.63) is 48.8 Å². The Morgan fingerprint density at radius 2 is 2.33 bits per heavy atom. The standard InChI is InChI=1S/C9H6F2N/c1-7(5-9(10)11)8-3-2-4-12-6-8/h3-6H,1H2. The zero-order valence-electron chi connectivity index (χ0n) is 6.22. The molecule has 0 saturated heterocycles. The summed E-state index contributed by atoms with van der Waals surface area (Å²) in [4.78, 5) is 3.72. The minimum Gasteiger partial charge on any atom is -0.263 e. The summed E-state index contributed by atoms with van der Waals surface area (Å²) in [5.74, 6) is 0. The monoisotopic (exact) mass is 166 g/mol. The van der Waals surface area contributed by atoms with Crippen molar-refractivity contribution < 1.29 is 8.78 Å². The van der Waals surface area contributed by atoms with Crippen molar-refractivity contribution in [3.8, 4) is 0 Å². The van der Waals surface area contributed by atoms with Gasteiger partial charge in [0.25, 0.3) is 6.08 Å². The van der Waals surface area contributed by atoms with Gasteiger partial charge in [0.2, 0.25) is 0 Å². The molecule has 61 valence electrons. The van der Waals surface area contributed by atoms with Crippen LogP contribution in [-0.4, -0.2) is 4.98 Å². The van der Waals surface area contributed by atoms with Crippen LogP contribution in [0.2, 0.25) is 0 Å². The first-order chi connectivity index (χ1) is 5.70. The largest absolute Gasteiger partial charge is 0.270 e. The number of rotatable bonds is 2. The van der Waals surface area contributed by atoms with Gasteiger partial charge in [-0.05, 0) is 11.6 Å². The van der Waals surface area contributed by atoms with Crippen LogP contribution in [0.3, 0.4) is 0 Å². The molecule has 1 nitrogen and oxygen atoms in total. The van der Waals surface area contributed by atoms with Crippen LogP contribution >= 0.6 is 0 Å².